The molecule has 1 saturated heterocycles. The van der Waals surface area contributed by atoms with Gasteiger partial charge in [-0.15, -0.1) is 0 Å². The van der Waals surface area contributed by atoms with E-state index < -0.39 is 0 Å². The lowest BCUT2D eigenvalue weighted by Gasteiger charge is -2.33. The van der Waals surface area contributed by atoms with Crippen LogP contribution in [0.2, 0.25) is 0 Å². The fourth-order valence-corrected chi connectivity index (χ4v) is 4.52. The summed E-state index contributed by atoms with van der Waals surface area (Å²) in [5.41, 5.74) is 3.88. The van der Waals surface area contributed by atoms with Crippen LogP contribution in [-0.2, 0) is 17.8 Å². The monoisotopic (exact) mass is 407 g/mol. The van der Waals surface area contributed by atoms with E-state index in [4.69, 9.17) is 13.9 Å². The van der Waals surface area contributed by atoms with E-state index in [1.165, 1.54) is 5.56 Å². The van der Waals surface area contributed by atoms with Crippen LogP contribution in [-0.4, -0.2) is 49.1 Å². The molecule has 156 valence electrons. The van der Waals surface area contributed by atoms with E-state index in [1.807, 2.05) is 46.2 Å². The van der Waals surface area contributed by atoms with Crippen LogP contribution < -0.4 is 14.4 Å². The SMILES string of the molecule is COc1cc2c(cc1OC)CN(C(=O)[C@H]1CCCN1c1nc3ccccc3o1)CC2. The number of methoxy groups -OCH3 is 2. The van der Waals surface area contributed by atoms with Crippen LogP contribution in [0, 0.1) is 0 Å². The lowest BCUT2D eigenvalue weighted by Crippen LogP contribution is -2.47. The van der Waals surface area contributed by atoms with Gasteiger partial charge < -0.3 is 23.7 Å². The number of amides is 1. The van der Waals surface area contributed by atoms with Gasteiger partial charge in [-0.25, -0.2) is 0 Å². The first-order valence-corrected chi connectivity index (χ1v) is 10.3. The Kier molecular flexibility index (Phi) is 4.73. The Balaban J connectivity index is 1.38. The van der Waals surface area contributed by atoms with E-state index >= 15 is 0 Å². The van der Waals surface area contributed by atoms with Crippen molar-refractivity contribution in [3.05, 3.63) is 47.5 Å². The van der Waals surface area contributed by atoms with Crippen molar-refractivity contribution in [2.75, 3.05) is 32.2 Å². The zero-order valence-corrected chi connectivity index (χ0v) is 17.3. The van der Waals surface area contributed by atoms with Gasteiger partial charge in [0.15, 0.2) is 17.1 Å². The Hall–Kier alpha value is -3.22. The molecule has 30 heavy (non-hydrogen) atoms. The molecule has 2 aliphatic heterocycles. The molecule has 0 unspecified atom stereocenters. The summed E-state index contributed by atoms with van der Waals surface area (Å²) in [5, 5.41) is 0. The van der Waals surface area contributed by atoms with Crippen molar-refractivity contribution in [3.63, 3.8) is 0 Å². The van der Waals surface area contributed by atoms with Crippen molar-refractivity contribution in [2.24, 2.45) is 0 Å². The van der Waals surface area contributed by atoms with Gasteiger partial charge in [0.25, 0.3) is 6.01 Å². The topological polar surface area (TPSA) is 68.0 Å². The van der Waals surface area contributed by atoms with Crippen LogP contribution in [0.5, 0.6) is 11.5 Å². The maximum absolute atomic E-state index is 13.4. The van der Waals surface area contributed by atoms with Gasteiger partial charge in [-0.2, -0.15) is 4.98 Å². The summed E-state index contributed by atoms with van der Waals surface area (Å²) in [6.45, 7) is 2.05. The number of aromatic nitrogens is 1. The van der Waals surface area contributed by atoms with Crippen molar-refractivity contribution in [1.29, 1.82) is 0 Å². The van der Waals surface area contributed by atoms with Gasteiger partial charge in [0.05, 0.1) is 14.2 Å². The predicted molar refractivity (Wildman–Crippen MR) is 113 cm³/mol. The van der Waals surface area contributed by atoms with Gasteiger partial charge >= 0.3 is 0 Å². The van der Waals surface area contributed by atoms with Crippen molar-refractivity contribution >= 4 is 23.0 Å². The molecular formula is C23H25N3O4. The minimum atomic E-state index is -0.236. The standard InChI is InChI=1S/C23H25N3O4/c1-28-20-12-15-9-11-25(14-16(15)13-21(20)29-2)22(27)18-7-5-10-26(18)23-24-17-6-3-4-8-19(17)30-23/h3-4,6,8,12-13,18H,5,7,9-11,14H2,1-2H3/t18-/m1/s1. The molecule has 0 saturated carbocycles. The molecule has 3 aromatic rings. The van der Waals surface area contributed by atoms with Gasteiger partial charge in [0, 0.05) is 19.6 Å². The molecule has 2 aromatic carbocycles. The molecular weight excluding hydrogens is 382 g/mol. The highest BCUT2D eigenvalue weighted by Crippen LogP contribution is 2.34. The number of nitrogens with zero attached hydrogens (tertiary/aromatic N) is 3. The van der Waals surface area contributed by atoms with E-state index in [1.54, 1.807) is 14.2 Å². The van der Waals surface area contributed by atoms with Gasteiger partial charge in [0.2, 0.25) is 5.91 Å². The third kappa shape index (κ3) is 3.14. The summed E-state index contributed by atoms with van der Waals surface area (Å²) in [7, 11) is 3.27. The van der Waals surface area contributed by atoms with E-state index in [9.17, 15) is 4.79 Å². The van der Waals surface area contributed by atoms with Crippen LogP contribution >= 0.6 is 0 Å². The number of oxazole rings is 1. The van der Waals surface area contributed by atoms with Gasteiger partial charge in [0.1, 0.15) is 11.6 Å². The van der Waals surface area contributed by atoms with Gasteiger partial charge in [-0.05, 0) is 54.7 Å². The van der Waals surface area contributed by atoms with Crippen LogP contribution in [0.3, 0.4) is 0 Å². The Morgan fingerprint density at radius 3 is 2.63 bits per heavy atom. The maximum Gasteiger partial charge on any atom is 0.299 e. The number of hydrogen-bond donors (Lipinski definition) is 0. The number of anilines is 1. The molecule has 7 nitrogen and oxygen atoms in total. The molecule has 2 aliphatic rings. The molecule has 7 heteroatoms. The number of carbonyl (C=O) groups excluding carboxylic acids is 1. The molecule has 0 bridgehead atoms. The first kappa shape index (κ1) is 18.8. The molecule has 1 atom stereocenters. The summed E-state index contributed by atoms with van der Waals surface area (Å²) >= 11 is 0. The van der Waals surface area contributed by atoms with Crippen molar-refractivity contribution in [3.8, 4) is 11.5 Å². The highest BCUT2D eigenvalue weighted by atomic mass is 16.5. The number of carbonyl (C=O) groups is 1. The van der Waals surface area contributed by atoms with E-state index in [0.717, 1.165) is 48.2 Å². The van der Waals surface area contributed by atoms with E-state index in [2.05, 4.69) is 4.98 Å². The first-order valence-electron chi connectivity index (χ1n) is 10.3. The number of benzene rings is 2. The second kappa shape index (κ2) is 7.55. The molecule has 0 radical (unpaired) electrons. The van der Waals surface area contributed by atoms with Crippen LogP contribution in [0.4, 0.5) is 6.01 Å². The largest absolute Gasteiger partial charge is 0.493 e. The third-order valence-corrected chi connectivity index (χ3v) is 6.10. The summed E-state index contributed by atoms with van der Waals surface area (Å²) in [6, 6.07) is 12.0. The second-order valence-electron chi connectivity index (χ2n) is 7.80. The molecule has 1 aromatic heterocycles. The Bertz CT molecular complexity index is 1060. The van der Waals surface area contributed by atoms with E-state index in [-0.39, 0.29) is 11.9 Å². The highest BCUT2D eigenvalue weighted by Gasteiger charge is 2.37. The predicted octanol–water partition coefficient (Wildman–Crippen LogP) is 3.40. The fraction of sp³-hybridized carbons (Fsp3) is 0.391. The highest BCUT2D eigenvalue weighted by molar-refractivity contribution is 5.86. The average molecular weight is 407 g/mol. The molecule has 5 rings (SSSR count). The molecule has 3 heterocycles. The Morgan fingerprint density at radius 2 is 1.87 bits per heavy atom. The van der Waals surface area contributed by atoms with Crippen LogP contribution in [0.15, 0.2) is 40.8 Å². The lowest BCUT2D eigenvalue weighted by molar-refractivity contribution is -0.133. The van der Waals surface area contributed by atoms with Crippen molar-refractivity contribution < 1.29 is 18.7 Å². The minimum Gasteiger partial charge on any atom is -0.493 e. The molecule has 0 N–H and O–H groups in total. The minimum absolute atomic E-state index is 0.134. The third-order valence-electron chi connectivity index (χ3n) is 6.10. The van der Waals surface area contributed by atoms with Crippen LogP contribution in [0.1, 0.15) is 24.0 Å². The van der Waals surface area contributed by atoms with Gasteiger partial charge in [-0.1, -0.05) is 12.1 Å². The zero-order valence-electron chi connectivity index (χ0n) is 17.3. The number of fused-ring (bicyclic) bond motifs is 2. The quantitative estimate of drug-likeness (QED) is 0.660. The molecule has 1 fully saturated rings. The van der Waals surface area contributed by atoms with E-state index in [0.29, 0.717) is 24.9 Å². The first-order chi connectivity index (χ1) is 14.7. The normalized spacial score (nSPS) is 18.5. The molecule has 1 amide bonds. The maximum atomic E-state index is 13.4. The number of ether oxygens (including phenoxy) is 2. The number of hydrogen-bond acceptors (Lipinski definition) is 6. The fourth-order valence-electron chi connectivity index (χ4n) is 4.52. The number of para-hydroxylation sites is 2. The Labute approximate surface area is 175 Å². The summed E-state index contributed by atoms with van der Waals surface area (Å²) in [4.78, 5) is 22.0. The zero-order chi connectivity index (χ0) is 20.7. The number of rotatable bonds is 4. The van der Waals surface area contributed by atoms with Crippen LogP contribution in [0.25, 0.3) is 11.1 Å². The molecule has 0 spiro atoms. The summed E-state index contributed by atoms with van der Waals surface area (Å²) in [6.07, 6.45) is 2.56. The van der Waals surface area contributed by atoms with Gasteiger partial charge in [-0.3, -0.25) is 4.79 Å². The smallest absolute Gasteiger partial charge is 0.299 e. The second-order valence-corrected chi connectivity index (χ2v) is 7.80. The Morgan fingerprint density at radius 1 is 1.10 bits per heavy atom. The van der Waals surface area contributed by atoms with Crippen molar-refractivity contribution in [2.45, 2.75) is 31.8 Å². The lowest BCUT2D eigenvalue weighted by atomic mass is 9.98. The summed E-state index contributed by atoms with van der Waals surface area (Å²) in [5.74, 6) is 1.56. The molecule has 0 aliphatic carbocycles. The average Bonchev–Trinajstić information content (AvgIpc) is 3.43. The summed E-state index contributed by atoms with van der Waals surface area (Å²) < 4.78 is 16.8. The van der Waals surface area contributed by atoms with Crippen molar-refractivity contribution in [1.82, 2.24) is 9.88 Å².